The van der Waals surface area contributed by atoms with Gasteiger partial charge in [-0.05, 0) is 48.9 Å². The van der Waals surface area contributed by atoms with Crippen molar-refractivity contribution in [3.05, 3.63) is 101 Å². The topological polar surface area (TPSA) is 59.9 Å². The average Bonchev–Trinajstić information content (AvgIpc) is 3.21. The van der Waals surface area contributed by atoms with Crippen molar-refractivity contribution in [1.82, 2.24) is 4.98 Å². The Hall–Kier alpha value is -3.84. The number of anilines is 1. The first-order valence-corrected chi connectivity index (χ1v) is 9.19. The Morgan fingerprint density at radius 2 is 1.68 bits per heavy atom. The van der Waals surface area contributed by atoms with Crippen LogP contribution in [0.1, 0.15) is 38.8 Å². The number of nitrogens with zero attached hydrogens (tertiary/aromatic N) is 2. The van der Waals surface area contributed by atoms with Crippen LogP contribution in [0.25, 0.3) is 10.9 Å². The number of aromatic nitrogens is 1. The zero-order chi connectivity index (χ0) is 19.3. The van der Waals surface area contributed by atoms with Gasteiger partial charge in [-0.1, -0.05) is 36.4 Å². The number of benzene rings is 3. The van der Waals surface area contributed by atoms with E-state index >= 15 is 0 Å². The third kappa shape index (κ3) is 2.27. The highest BCUT2D eigenvalue weighted by Gasteiger charge is 2.40. The number of nitriles is 1. The van der Waals surface area contributed by atoms with Gasteiger partial charge in [-0.2, -0.15) is 5.26 Å². The molecule has 0 fully saturated rings. The molecular weight excluding hydrogens is 346 g/mol. The summed E-state index contributed by atoms with van der Waals surface area (Å²) in [5.41, 5.74) is 6.31. The van der Waals surface area contributed by atoms with Crippen LogP contribution < -0.4 is 4.90 Å². The maximum absolute atomic E-state index is 13.4. The number of aryl methyl sites for hydroxylation is 1. The summed E-state index contributed by atoms with van der Waals surface area (Å²) in [5, 5.41) is 10.2. The minimum Gasteiger partial charge on any atom is -0.358 e. The van der Waals surface area contributed by atoms with Crippen molar-refractivity contribution >= 4 is 22.5 Å². The molecule has 0 radical (unpaired) electrons. The number of rotatable bonds is 2. The number of fused-ring (bicyclic) bond motifs is 2. The molecule has 2 heterocycles. The van der Waals surface area contributed by atoms with E-state index in [4.69, 9.17) is 5.26 Å². The van der Waals surface area contributed by atoms with E-state index in [2.05, 4.69) is 30.1 Å². The van der Waals surface area contributed by atoms with Crippen molar-refractivity contribution in [2.24, 2.45) is 0 Å². The Morgan fingerprint density at radius 3 is 2.46 bits per heavy atom. The third-order valence-corrected chi connectivity index (χ3v) is 5.45. The van der Waals surface area contributed by atoms with Gasteiger partial charge in [-0.15, -0.1) is 0 Å². The summed E-state index contributed by atoms with van der Waals surface area (Å²) in [6.45, 7) is 2.05. The summed E-state index contributed by atoms with van der Waals surface area (Å²) in [6.07, 6.45) is 0. The molecule has 1 amide bonds. The number of hydrogen-bond acceptors (Lipinski definition) is 2. The molecular formula is C24H17N3O. The van der Waals surface area contributed by atoms with Crippen LogP contribution in [0.2, 0.25) is 0 Å². The standard InChI is InChI=1S/C24H17N3O/c1-15-22(20-8-4-5-9-21(20)26-15)23-18-6-2-3-7-19(18)24(28)27(23)17-12-10-16(14-25)11-13-17/h2-13,23,26H,1H3. The fourth-order valence-corrected chi connectivity index (χ4v) is 4.21. The Kier molecular flexibility index (Phi) is 3.56. The highest BCUT2D eigenvalue weighted by atomic mass is 16.2. The Morgan fingerprint density at radius 1 is 0.964 bits per heavy atom. The van der Waals surface area contributed by atoms with Crippen LogP contribution in [0, 0.1) is 18.3 Å². The van der Waals surface area contributed by atoms with Gasteiger partial charge in [-0.3, -0.25) is 9.69 Å². The summed E-state index contributed by atoms with van der Waals surface area (Å²) in [6, 6.07) is 25.1. The van der Waals surface area contributed by atoms with Crippen LogP contribution in [-0.2, 0) is 0 Å². The third-order valence-electron chi connectivity index (χ3n) is 5.45. The SMILES string of the molecule is Cc1[nH]c2ccccc2c1C1c2ccccc2C(=O)N1c1ccc(C#N)cc1. The maximum atomic E-state index is 13.4. The van der Waals surface area contributed by atoms with E-state index in [1.807, 2.05) is 53.4 Å². The molecule has 0 spiro atoms. The molecule has 1 atom stereocenters. The predicted octanol–water partition coefficient (Wildman–Crippen LogP) is 5.10. The van der Waals surface area contributed by atoms with Gasteiger partial charge in [0.25, 0.3) is 5.91 Å². The smallest absolute Gasteiger partial charge is 0.259 e. The molecule has 28 heavy (non-hydrogen) atoms. The van der Waals surface area contributed by atoms with Crippen LogP contribution in [0.5, 0.6) is 0 Å². The lowest BCUT2D eigenvalue weighted by molar-refractivity contribution is 0.0993. The molecule has 134 valence electrons. The van der Waals surface area contributed by atoms with Gasteiger partial charge in [0, 0.05) is 33.4 Å². The molecule has 0 aliphatic carbocycles. The molecule has 1 aliphatic rings. The van der Waals surface area contributed by atoms with Gasteiger partial charge in [0.2, 0.25) is 0 Å². The van der Waals surface area contributed by atoms with Crippen molar-refractivity contribution in [3.63, 3.8) is 0 Å². The molecule has 1 N–H and O–H groups in total. The summed E-state index contributed by atoms with van der Waals surface area (Å²) in [5.74, 6) is -0.0185. The molecule has 1 unspecified atom stereocenters. The molecule has 4 nitrogen and oxygen atoms in total. The number of carbonyl (C=O) groups is 1. The van der Waals surface area contributed by atoms with Crippen LogP contribution in [0.4, 0.5) is 5.69 Å². The molecule has 3 aromatic carbocycles. The fraction of sp³-hybridized carbons (Fsp3) is 0.0833. The number of hydrogen-bond donors (Lipinski definition) is 1. The van der Waals surface area contributed by atoms with E-state index in [0.29, 0.717) is 5.56 Å². The van der Waals surface area contributed by atoms with Gasteiger partial charge in [0.05, 0.1) is 17.7 Å². The quantitative estimate of drug-likeness (QED) is 0.539. The minimum atomic E-state index is -0.215. The van der Waals surface area contributed by atoms with Crippen LogP contribution in [0.3, 0.4) is 0 Å². The zero-order valence-corrected chi connectivity index (χ0v) is 15.3. The van der Waals surface area contributed by atoms with Crippen LogP contribution in [-0.4, -0.2) is 10.9 Å². The second-order valence-electron chi connectivity index (χ2n) is 7.03. The van der Waals surface area contributed by atoms with Crippen molar-refractivity contribution in [2.75, 3.05) is 4.90 Å². The Balaban J connectivity index is 1.77. The lowest BCUT2D eigenvalue weighted by Gasteiger charge is -2.26. The first-order chi connectivity index (χ1) is 13.7. The van der Waals surface area contributed by atoms with Crippen molar-refractivity contribution < 1.29 is 4.79 Å². The number of carbonyl (C=O) groups excluding carboxylic acids is 1. The summed E-state index contributed by atoms with van der Waals surface area (Å²) in [4.78, 5) is 18.7. The highest BCUT2D eigenvalue weighted by Crippen LogP contribution is 2.44. The normalized spacial score (nSPS) is 15.6. The lowest BCUT2D eigenvalue weighted by Crippen LogP contribution is -2.28. The first-order valence-electron chi connectivity index (χ1n) is 9.19. The zero-order valence-electron chi connectivity index (χ0n) is 15.3. The van der Waals surface area contributed by atoms with Crippen molar-refractivity contribution in [3.8, 4) is 6.07 Å². The van der Waals surface area contributed by atoms with Gasteiger partial charge < -0.3 is 4.98 Å². The lowest BCUT2D eigenvalue weighted by atomic mass is 9.95. The number of aromatic amines is 1. The molecule has 4 aromatic rings. The number of H-pyrrole nitrogens is 1. The Bertz CT molecular complexity index is 1260. The fourth-order valence-electron chi connectivity index (χ4n) is 4.21. The summed E-state index contributed by atoms with van der Waals surface area (Å²) >= 11 is 0. The largest absolute Gasteiger partial charge is 0.358 e. The average molecular weight is 363 g/mol. The highest BCUT2D eigenvalue weighted by molar-refractivity contribution is 6.12. The number of nitrogens with one attached hydrogen (secondary N) is 1. The van der Waals surface area contributed by atoms with E-state index in [1.54, 1.807) is 12.1 Å². The maximum Gasteiger partial charge on any atom is 0.259 e. The first kappa shape index (κ1) is 16.3. The van der Waals surface area contributed by atoms with Gasteiger partial charge >= 0.3 is 0 Å². The van der Waals surface area contributed by atoms with E-state index in [1.165, 1.54) is 0 Å². The van der Waals surface area contributed by atoms with Gasteiger partial charge in [0.1, 0.15) is 0 Å². The number of para-hydroxylation sites is 1. The van der Waals surface area contributed by atoms with Gasteiger partial charge in [0.15, 0.2) is 0 Å². The molecule has 4 heteroatoms. The van der Waals surface area contributed by atoms with Crippen LogP contribution >= 0.6 is 0 Å². The van der Waals surface area contributed by atoms with Crippen molar-refractivity contribution in [2.45, 2.75) is 13.0 Å². The minimum absolute atomic E-state index is 0.0185. The molecule has 1 aromatic heterocycles. The molecule has 0 saturated carbocycles. The summed E-state index contributed by atoms with van der Waals surface area (Å²) < 4.78 is 0. The van der Waals surface area contributed by atoms with E-state index < -0.39 is 0 Å². The number of amides is 1. The van der Waals surface area contributed by atoms with E-state index in [9.17, 15) is 4.79 Å². The monoisotopic (exact) mass is 363 g/mol. The molecule has 0 saturated heterocycles. The molecule has 0 bridgehead atoms. The van der Waals surface area contributed by atoms with Crippen LogP contribution in [0.15, 0.2) is 72.8 Å². The Labute approximate surface area is 162 Å². The van der Waals surface area contributed by atoms with E-state index in [0.717, 1.165) is 39.0 Å². The second kappa shape index (κ2) is 6.11. The van der Waals surface area contributed by atoms with Gasteiger partial charge in [-0.25, -0.2) is 0 Å². The molecule has 5 rings (SSSR count). The summed E-state index contributed by atoms with van der Waals surface area (Å²) in [7, 11) is 0. The molecule has 1 aliphatic heterocycles. The van der Waals surface area contributed by atoms with Crippen molar-refractivity contribution in [1.29, 1.82) is 5.26 Å². The predicted molar refractivity (Wildman–Crippen MR) is 109 cm³/mol. The van der Waals surface area contributed by atoms with E-state index in [-0.39, 0.29) is 11.9 Å². The second-order valence-corrected chi connectivity index (χ2v) is 7.03.